The molecular weight excluding hydrogens is 122 g/mol. The van der Waals surface area contributed by atoms with Crippen LogP contribution in [0.1, 0.15) is 5.69 Å². The highest BCUT2D eigenvalue weighted by atomic mass is 16.6. The molecule has 9 heavy (non-hydrogen) atoms. The van der Waals surface area contributed by atoms with Crippen LogP contribution in [-0.2, 0) is 11.3 Å². The Balaban J connectivity index is 2.38. The summed E-state index contributed by atoms with van der Waals surface area (Å²) in [6.07, 6.45) is 2.03. The van der Waals surface area contributed by atoms with E-state index in [1.165, 1.54) is 6.20 Å². The lowest BCUT2D eigenvalue weighted by atomic mass is 10.5. The number of nitrogens with zero attached hydrogens (tertiary/aromatic N) is 2. The van der Waals surface area contributed by atoms with Gasteiger partial charge in [-0.15, -0.1) is 0 Å². The Morgan fingerprint density at radius 2 is 2.78 bits per heavy atom. The summed E-state index contributed by atoms with van der Waals surface area (Å²) in [6, 6.07) is 0. The summed E-state index contributed by atoms with van der Waals surface area (Å²) in [5, 5.41) is 9.19. The second kappa shape index (κ2) is 2.81. The highest BCUT2D eigenvalue weighted by Gasteiger charge is 1.92. The SMILES string of the molecule is O=CNCc1cnon1. The van der Waals surface area contributed by atoms with Crippen LogP contribution in [0.3, 0.4) is 0 Å². The standard InChI is InChI=1S/C4H5N3O2/c8-3-5-1-4-2-6-9-7-4/h2-3H,1H2,(H,5,8). The molecule has 0 aliphatic carbocycles. The van der Waals surface area contributed by atoms with Crippen LogP contribution in [0.5, 0.6) is 0 Å². The summed E-state index contributed by atoms with van der Waals surface area (Å²) in [6.45, 7) is 0.368. The molecule has 1 amide bonds. The molecule has 5 nitrogen and oxygen atoms in total. The van der Waals surface area contributed by atoms with Crippen molar-refractivity contribution in [1.29, 1.82) is 0 Å². The van der Waals surface area contributed by atoms with Gasteiger partial charge >= 0.3 is 0 Å². The maximum absolute atomic E-state index is 9.71. The predicted octanol–water partition coefficient (Wildman–Crippen LogP) is -0.684. The second-order valence-corrected chi connectivity index (χ2v) is 1.40. The monoisotopic (exact) mass is 127 g/mol. The van der Waals surface area contributed by atoms with Crippen molar-refractivity contribution in [2.75, 3.05) is 0 Å². The molecule has 0 fully saturated rings. The molecule has 0 saturated heterocycles. The van der Waals surface area contributed by atoms with E-state index < -0.39 is 0 Å². The van der Waals surface area contributed by atoms with Gasteiger partial charge in [-0.2, -0.15) is 0 Å². The quantitative estimate of drug-likeness (QED) is 0.546. The van der Waals surface area contributed by atoms with Crippen LogP contribution in [0.4, 0.5) is 0 Å². The third-order valence-corrected chi connectivity index (χ3v) is 0.773. The minimum absolute atomic E-state index is 0.368. The summed E-state index contributed by atoms with van der Waals surface area (Å²) >= 11 is 0. The van der Waals surface area contributed by atoms with E-state index in [-0.39, 0.29) is 0 Å². The first-order valence-electron chi connectivity index (χ1n) is 2.37. The third-order valence-electron chi connectivity index (χ3n) is 0.773. The lowest BCUT2D eigenvalue weighted by molar-refractivity contribution is -0.109. The summed E-state index contributed by atoms with van der Waals surface area (Å²) in [5.41, 5.74) is 0.613. The molecule has 0 aliphatic rings. The first-order chi connectivity index (χ1) is 4.43. The maximum Gasteiger partial charge on any atom is 0.207 e. The molecule has 0 atom stereocenters. The molecule has 0 aliphatic heterocycles. The van der Waals surface area contributed by atoms with Crippen molar-refractivity contribution in [3.05, 3.63) is 11.9 Å². The molecule has 0 saturated carbocycles. The fraction of sp³-hybridized carbons (Fsp3) is 0.250. The van der Waals surface area contributed by atoms with Crippen molar-refractivity contribution < 1.29 is 9.42 Å². The number of aromatic nitrogens is 2. The average Bonchev–Trinajstić information content (AvgIpc) is 2.34. The smallest absolute Gasteiger partial charge is 0.207 e. The zero-order chi connectivity index (χ0) is 6.53. The topological polar surface area (TPSA) is 68.0 Å². The van der Waals surface area contributed by atoms with Gasteiger partial charge in [0.2, 0.25) is 6.41 Å². The number of amides is 1. The molecule has 1 aromatic heterocycles. The van der Waals surface area contributed by atoms with Gasteiger partial charge in [-0.3, -0.25) is 4.79 Å². The first-order valence-corrected chi connectivity index (χ1v) is 2.37. The predicted molar refractivity (Wildman–Crippen MR) is 27.2 cm³/mol. The van der Waals surface area contributed by atoms with Crippen LogP contribution in [-0.4, -0.2) is 16.7 Å². The van der Waals surface area contributed by atoms with Crippen LogP contribution in [0.2, 0.25) is 0 Å². The van der Waals surface area contributed by atoms with Crippen molar-refractivity contribution in [2.24, 2.45) is 0 Å². The van der Waals surface area contributed by atoms with Gasteiger partial charge in [0, 0.05) is 0 Å². The van der Waals surface area contributed by atoms with Gasteiger partial charge in [0.25, 0.3) is 0 Å². The highest BCUT2D eigenvalue weighted by Crippen LogP contribution is 1.86. The van der Waals surface area contributed by atoms with Crippen molar-refractivity contribution in [1.82, 2.24) is 15.6 Å². The number of hydrogen-bond acceptors (Lipinski definition) is 4. The van der Waals surface area contributed by atoms with E-state index in [2.05, 4.69) is 20.3 Å². The molecule has 0 radical (unpaired) electrons. The van der Waals surface area contributed by atoms with E-state index in [0.29, 0.717) is 18.6 Å². The van der Waals surface area contributed by atoms with Gasteiger partial charge in [0.05, 0.1) is 12.7 Å². The fourth-order valence-corrected chi connectivity index (χ4v) is 0.408. The lowest BCUT2D eigenvalue weighted by Crippen LogP contribution is -2.09. The second-order valence-electron chi connectivity index (χ2n) is 1.40. The Kier molecular flexibility index (Phi) is 1.79. The van der Waals surface area contributed by atoms with Gasteiger partial charge < -0.3 is 5.32 Å². The van der Waals surface area contributed by atoms with Crippen LogP contribution < -0.4 is 5.32 Å². The van der Waals surface area contributed by atoms with Crippen LogP contribution >= 0.6 is 0 Å². The first kappa shape index (κ1) is 5.74. The molecule has 1 aromatic rings. The van der Waals surface area contributed by atoms with E-state index in [4.69, 9.17) is 0 Å². The molecule has 1 heterocycles. The molecule has 0 spiro atoms. The normalized spacial score (nSPS) is 8.89. The molecule has 48 valence electrons. The van der Waals surface area contributed by atoms with E-state index in [1.807, 2.05) is 0 Å². The molecule has 5 heteroatoms. The van der Waals surface area contributed by atoms with Crippen LogP contribution in [0.15, 0.2) is 10.8 Å². The number of hydrogen-bond donors (Lipinski definition) is 1. The summed E-state index contributed by atoms with van der Waals surface area (Å²) in [4.78, 5) is 9.71. The van der Waals surface area contributed by atoms with Gasteiger partial charge in [-0.1, -0.05) is 10.3 Å². The van der Waals surface area contributed by atoms with Gasteiger partial charge in [0.1, 0.15) is 5.69 Å². The summed E-state index contributed by atoms with van der Waals surface area (Å²) < 4.78 is 4.26. The minimum atomic E-state index is 0.368. The molecule has 0 bridgehead atoms. The van der Waals surface area contributed by atoms with E-state index >= 15 is 0 Å². The number of nitrogens with one attached hydrogen (secondary N) is 1. The Bertz CT molecular complexity index is 172. The van der Waals surface area contributed by atoms with E-state index in [9.17, 15) is 4.79 Å². The number of carbonyl (C=O) groups is 1. The lowest BCUT2D eigenvalue weighted by Gasteiger charge is -1.86. The van der Waals surface area contributed by atoms with E-state index in [0.717, 1.165) is 0 Å². The van der Waals surface area contributed by atoms with Crippen LogP contribution in [0, 0.1) is 0 Å². The molecule has 0 unspecified atom stereocenters. The van der Waals surface area contributed by atoms with Gasteiger partial charge in [-0.25, -0.2) is 4.63 Å². The van der Waals surface area contributed by atoms with E-state index in [1.54, 1.807) is 0 Å². The third kappa shape index (κ3) is 1.52. The van der Waals surface area contributed by atoms with Crippen molar-refractivity contribution in [2.45, 2.75) is 6.54 Å². The summed E-state index contributed by atoms with van der Waals surface area (Å²) in [5.74, 6) is 0. The van der Waals surface area contributed by atoms with Crippen molar-refractivity contribution in [3.63, 3.8) is 0 Å². The Morgan fingerprint density at radius 3 is 3.33 bits per heavy atom. The Hall–Kier alpha value is -1.39. The molecule has 0 aromatic carbocycles. The Morgan fingerprint density at radius 1 is 1.89 bits per heavy atom. The Labute approximate surface area is 51.0 Å². The highest BCUT2D eigenvalue weighted by molar-refractivity contribution is 5.45. The zero-order valence-electron chi connectivity index (χ0n) is 4.57. The van der Waals surface area contributed by atoms with Gasteiger partial charge in [0.15, 0.2) is 0 Å². The fourth-order valence-electron chi connectivity index (χ4n) is 0.408. The zero-order valence-corrected chi connectivity index (χ0v) is 4.57. The number of rotatable bonds is 3. The minimum Gasteiger partial charge on any atom is -0.353 e. The number of carbonyl (C=O) groups excluding carboxylic acids is 1. The van der Waals surface area contributed by atoms with Crippen molar-refractivity contribution in [3.8, 4) is 0 Å². The van der Waals surface area contributed by atoms with Crippen LogP contribution in [0.25, 0.3) is 0 Å². The molecular formula is C4H5N3O2. The molecule has 1 N–H and O–H groups in total. The largest absolute Gasteiger partial charge is 0.353 e. The average molecular weight is 127 g/mol. The van der Waals surface area contributed by atoms with Crippen molar-refractivity contribution >= 4 is 6.41 Å². The maximum atomic E-state index is 9.71. The molecule has 1 rings (SSSR count). The summed E-state index contributed by atoms with van der Waals surface area (Å²) in [7, 11) is 0. The van der Waals surface area contributed by atoms with Gasteiger partial charge in [-0.05, 0) is 0 Å².